The number of likely N-dealkylation sites (N-methyl/N-ethyl adjacent to an activating group) is 1. The summed E-state index contributed by atoms with van der Waals surface area (Å²) in [6, 6.07) is 9.02. The van der Waals surface area contributed by atoms with Gasteiger partial charge in [0.25, 0.3) is 5.91 Å². The predicted octanol–water partition coefficient (Wildman–Crippen LogP) is 3.48. The molecule has 1 aromatic carbocycles. The molecule has 2 aliphatic carbocycles. The number of carbonyl (C=O) groups is 4. The fourth-order valence-electron chi connectivity index (χ4n) is 8.10. The van der Waals surface area contributed by atoms with E-state index in [1.165, 1.54) is 19.3 Å². The third-order valence-electron chi connectivity index (χ3n) is 11.7. The van der Waals surface area contributed by atoms with E-state index in [1.807, 2.05) is 49.1 Å². The molecule has 0 unspecified atom stereocenters. The van der Waals surface area contributed by atoms with Gasteiger partial charge in [-0.25, -0.2) is 0 Å². The summed E-state index contributed by atoms with van der Waals surface area (Å²) in [5, 5.41) is 10.2. The normalized spacial score (nSPS) is 25.6. The third-order valence-corrected chi connectivity index (χ3v) is 11.7. The van der Waals surface area contributed by atoms with E-state index < -0.39 is 23.0 Å². The second-order valence-electron chi connectivity index (χ2n) is 15.7. The zero-order chi connectivity index (χ0) is 34.3. The molecule has 48 heavy (non-hydrogen) atoms. The molecule has 4 atom stereocenters. The van der Waals surface area contributed by atoms with Crippen LogP contribution < -0.4 is 10.6 Å². The molecule has 4 fully saturated rings. The van der Waals surface area contributed by atoms with Gasteiger partial charge in [-0.05, 0) is 50.0 Å². The number of ether oxygens (including phenoxy) is 1. The first-order chi connectivity index (χ1) is 22.9. The van der Waals surface area contributed by atoms with Gasteiger partial charge >= 0.3 is 0 Å². The zero-order valence-electron chi connectivity index (χ0n) is 29.2. The Morgan fingerprint density at radius 1 is 0.979 bits per heavy atom. The highest BCUT2D eigenvalue weighted by Crippen LogP contribution is 2.57. The number of rotatable bonds is 11. The fraction of sp³-hybridized carbons (Fsp3) is 0.649. The molecular weight excluding hydrogens is 608 g/mol. The second kappa shape index (κ2) is 13.3. The van der Waals surface area contributed by atoms with Gasteiger partial charge in [0.05, 0.1) is 29.8 Å². The summed E-state index contributed by atoms with van der Waals surface area (Å²) in [4.78, 5) is 58.5. The lowest BCUT2D eigenvalue weighted by atomic mass is 9.61. The monoisotopic (exact) mass is 660 g/mol. The summed E-state index contributed by atoms with van der Waals surface area (Å²) < 4.78 is 7.96. The first-order valence-corrected chi connectivity index (χ1v) is 17.6. The fourth-order valence-corrected chi connectivity index (χ4v) is 8.10. The maximum absolute atomic E-state index is 14.4. The SMILES string of the molecule is CNC(=O)[C@@H](NC(=O)[C@]1(C)CN(C(=O)c2cnn(Cc3ccccc3)c2)CC12CN(C(=O)[C@H]1CC1(C)C)C2)[C@@H](C)OCC1CCCCC1. The quantitative estimate of drug-likeness (QED) is 0.380. The van der Waals surface area contributed by atoms with Gasteiger partial charge in [0, 0.05) is 57.4 Å². The molecule has 11 nitrogen and oxygen atoms in total. The third kappa shape index (κ3) is 6.62. The molecular formula is C37H52N6O5. The number of amides is 4. The Bertz CT molecular complexity index is 1510. The number of hydrogen-bond acceptors (Lipinski definition) is 6. The van der Waals surface area contributed by atoms with Crippen LogP contribution in [0.25, 0.3) is 0 Å². The number of carbonyl (C=O) groups excluding carboxylic acids is 4. The number of hydrogen-bond donors (Lipinski definition) is 2. The molecule has 6 rings (SSSR count). The Labute approximate surface area is 284 Å². The summed E-state index contributed by atoms with van der Waals surface area (Å²) in [5.41, 5.74) is -0.183. The van der Waals surface area contributed by atoms with Crippen LogP contribution in [-0.2, 0) is 25.7 Å². The molecule has 2 saturated heterocycles. The van der Waals surface area contributed by atoms with Crippen molar-refractivity contribution in [3.8, 4) is 0 Å². The van der Waals surface area contributed by atoms with Crippen LogP contribution in [0.1, 0.15) is 82.1 Å². The lowest BCUT2D eigenvalue weighted by molar-refractivity contribution is -0.160. The van der Waals surface area contributed by atoms with E-state index in [1.54, 1.807) is 29.0 Å². The van der Waals surface area contributed by atoms with E-state index in [2.05, 4.69) is 29.6 Å². The van der Waals surface area contributed by atoms with E-state index in [-0.39, 0.29) is 41.5 Å². The van der Waals surface area contributed by atoms with Crippen LogP contribution in [0, 0.1) is 28.1 Å². The first-order valence-electron chi connectivity index (χ1n) is 17.6. The van der Waals surface area contributed by atoms with Gasteiger partial charge in [0.15, 0.2) is 0 Å². The summed E-state index contributed by atoms with van der Waals surface area (Å²) >= 11 is 0. The molecule has 2 saturated carbocycles. The predicted molar refractivity (Wildman–Crippen MR) is 181 cm³/mol. The van der Waals surface area contributed by atoms with Crippen LogP contribution in [0.15, 0.2) is 42.7 Å². The Morgan fingerprint density at radius 3 is 2.29 bits per heavy atom. The smallest absolute Gasteiger partial charge is 0.257 e. The minimum Gasteiger partial charge on any atom is -0.376 e. The highest BCUT2D eigenvalue weighted by molar-refractivity contribution is 5.96. The molecule has 3 heterocycles. The van der Waals surface area contributed by atoms with Crippen LogP contribution in [0.3, 0.4) is 0 Å². The zero-order valence-corrected chi connectivity index (χ0v) is 29.2. The van der Waals surface area contributed by atoms with E-state index >= 15 is 0 Å². The summed E-state index contributed by atoms with van der Waals surface area (Å²) in [6.45, 7) is 10.3. The van der Waals surface area contributed by atoms with Crippen molar-refractivity contribution in [2.45, 2.75) is 84.9 Å². The summed E-state index contributed by atoms with van der Waals surface area (Å²) in [6.07, 6.45) is 9.51. The molecule has 2 N–H and O–H groups in total. The Morgan fingerprint density at radius 2 is 1.65 bits per heavy atom. The van der Waals surface area contributed by atoms with Gasteiger partial charge in [-0.15, -0.1) is 0 Å². The van der Waals surface area contributed by atoms with Crippen LogP contribution >= 0.6 is 0 Å². The highest BCUT2D eigenvalue weighted by atomic mass is 16.5. The lowest BCUT2D eigenvalue weighted by Gasteiger charge is -2.54. The number of nitrogens with zero attached hydrogens (tertiary/aromatic N) is 4. The molecule has 0 bridgehead atoms. The molecule has 2 aliphatic heterocycles. The van der Waals surface area contributed by atoms with Gasteiger partial charge < -0.3 is 25.2 Å². The van der Waals surface area contributed by atoms with Crippen molar-refractivity contribution in [1.82, 2.24) is 30.2 Å². The second-order valence-corrected chi connectivity index (χ2v) is 15.7. The number of nitrogens with one attached hydrogen (secondary N) is 2. The minimum atomic E-state index is -1.05. The molecule has 1 spiro atoms. The molecule has 2 aromatic rings. The molecule has 11 heteroatoms. The van der Waals surface area contributed by atoms with E-state index in [9.17, 15) is 19.2 Å². The van der Waals surface area contributed by atoms with Crippen molar-refractivity contribution in [2.24, 2.45) is 28.1 Å². The lowest BCUT2D eigenvalue weighted by Crippen LogP contribution is -2.69. The van der Waals surface area contributed by atoms with Crippen molar-refractivity contribution in [2.75, 3.05) is 39.8 Å². The van der Waals surface area contributed by atoms with Crippen molar-refractivity contribution in [3.05, 3.63) is 53.9 Å². The van der Waals surface area contributed by atoms with E-state index in [0.717, 1.165) is 24.8 Å². The summed E-state index contributed by atoms with van der Waals surface area (Å²) in [7, 11) is 1.56. The average Bonchev–Trinajstić information content (AvgIpc) is 3.35. The molecule has 260 valence electrons. The molecule has 0 radical (unpaired) electrons. The Hall–Kier alpha value is -3.73. The Balaban J connectivity index is 1.20. The molecule has 4 amide bonds. The van der Waals surface area contributed by atoms with Gasteiger partial charge in [-0.3, -0.25) is 23.9 Å². The van der Waals surface area contributed by atoms with Gasteiger partial charge in [0.1, 0.15) is 6.04 Å². The number of likely N-dealkylation sites (tertiary alicyclic amines) is 2. The topological polar surface area (TPSA) is 126 Å². The van der Waals surface area contributed by atoms with E-state index in [0.29, 0.717) is 44.3 Å². The van der Waals surface area contributed by atoms with Crippen LogP contribution in [0.4, 0.5) is 0 Å². The molecule has 1 aromatic heterocycles. The minimum absolute atomic E-state index is 0.00734. The number of benzene rings is 1. The van der Waals surface area contributed by atoms with Crippen LogP contribution in [0.2, 0.25) is 0 Å². The largest absolute Gasteiger partial charge is 0.376 e. The van der Waals surface area contributed by atoms with E-state index in [4.69, 9.17) is 4.74 Å². The molecule has 4 aliphatic rings. The van der Waals surface area contributed by atoms with Crippen molar-refractivity contribution >= 4 is 23.6 Å². The van der Waals surface area contributed by atoms with Crippen molar-refractivity contribution in [3.63, 3.8) is 0 Å². The highest BCUT2D eigenvalue weighted by Gasteiger charge is 2.67. The van der Waals surface area contributed by atoms with Crippen LogP contribution in [-0.4, -0.2) is 95.2 Å². The van der Waals surface area contributed by atoms with Crippen molar-refractivity contribution in [1.29, 1.82) is 0 Å². The summed E-state index contributed by atoms with van der Waals surface area (Å²) in [5.74, 6) is -0.263. The van der Waals surface area contributed by atoms with Gasteiger partial charge in [-0.2, -0.15) is 5.10 Å². The maximum Gasteiger partial charge on any atom is 0.257 e. The van der Waals surface area contributed by atoms with Crippen molar-refractivity contribution < 1.29 is 23.9 Å². The van der Waals surface area contributed by atoms with Gasteiger partial charge in [0.2, 0.25) is 17.7 Å². The first kappa shape index (κ1) is 34.1. The van der Waals surface area contributed by atoms with Gasteiger partial charge in [-0.1, -0.05) is 63.4 Å². The maximum atomic E-state index is 14.4. The standard InChI is InChI=1S/C37H52N6O5/c1-25(48-20-27-14-10-7-11-15-27)30(31(44)38-5)40-34(47)36(4)21-41(22-37(36)23-42(24-37)33(46)29-16-35(29,2)3)32(45)28-17-39-43(19-28)18-26-12-8-6-9-13-26/h6,8-9,12-13,17,19,25,27,29-30H,7,10-11,14-16,18,20-24H2,1-5H3,(H,38,44)(H,40,47)/t25-,29-,30+,36+/m1/s1. The Kier molecular flexibility index (Phi) is 9.45. The average molecular weight is 661 g/mol. The van der Waals surface area contributed by atoms with Crippen LogP contribution in [0.5, 0.6) is 0 Å². The number of aromatic nitrogens is 2.